The largest absolute Gasteiger partial charge is 1.00 e. The molecule has 2 fully saturated rings. The van der Waals surface area contributed by atoms with Gasteiger partial charge in [0.15, 0.2) is 30.6 Å². The van der Waals surface area contributed by atoms with Gasteiger partial charge in [0.25, 0.3) is 29.4 Å². The number of sulfone groups is 2. The summed E-state index contributed by atoms with van der Waals surface area (Å²) in [6.45, 7) is -1.50. The molecule has 10 rings (SSSR count). The number of halogens is 8. The van der Waals surface area contributed by atoms with E-state index in [1.54, 1.807) is 6.07 Å². The second-order valence-corrected chi connectivity index (χ2v) is 21.1. The first-order valence-electron chi connectivity index (χ1n) is 21.1. The van der Waals surface area contributed by atoms with E-state index in [9.17, 15) is 44.0 Å². The van der Waals surface area contributed by atoms with Crippen LogP contribution in [0.4, 0.5) is 23.4 Å². The summed E-state index contributed by atoms with van der Waals surface area (Å²) in [5.41, 5.74) is 1.02. The number of anilines is 1. The SMILES string of the molecule is COc1nc(Cl)c(Cl)cc1-n1c(=O)ccc2cc(S(=O)(=O)Cc3ccon3)ccc21.COc1nc(N2CC(F)(F)C2)c(Cl)cc1-n1c(=O)ccc2cc(S(=O)(=O)Cc3ccon3)ccc21.Cl.FC1(F)CNC1.O=CO[O-].[H-].[K+].[K+]. The van der Waals surface area contributed by atoms with Gasteiger partial charge in [-0.25, -0.2) is 34.4 Å². The van der Waals surface area contributed by atoms with E-state index in [-0.39, 0.29) is 213 Å². The van der Waals surface area contributed by atoms with Gasteiger partial charge in [0.1, 0.15) is 35.4 Å². The molecule has 21 nitrogen and oxygen atoms in total. The number of ether oxygens (including phenoxy) is 2. The number of hydrogen-bond acceptors (Lipinski definition) is 19. The maximum absolute atomic E-state index is 13.3. The normalized spacial score (nSPS) is 13.8. The second-order valence-electron chi connectivity index (χ2n) is 15.9. The molecule has 78 heavy (non-hydrogen) atoms. The molecule has 8 heterocycles. The van der Waals surface area contributed by atoms with E-state index in [2.05, 4.69) is 30.5 Å². The quantitative estimate of drug-likeness (QED) is 0.0431. The van der Waals surface area contributed by atoms with Gasteiger partial charge in [0.05, 0.1) is 82.7 Å². The van der Waals surface area contributed by atoms with Crippen molar-refractivity contribution in [2.24, 2.45) is 0 Å². The number of pyridine rings is 4. The van der Waals surface area contributed by atoms with Crippen LogP contribution < -0.4 is 139 Å². The third kappa shape index (κ3) is 16.1. The average molecular weight is 1260 g/mol. The Kier molecular flexibility index (Phi) is 24.4. The molecule has 0 unspecified atom stereocenters. The summed E-state index contributed by atoms with van der Waals surface area (Å²) in [5, 5.41) is 19.4. The molecule has 33 heteroatoms. The van der Waals surface area contributed by atoms with E-state index in [0.717, 1.165) is 0 Å². The molecule has 0 amide bonds. The molecule has 6 aromatic heterocycles. The third-order valence-electron chi connectivity index (χ3n) is 10.7. The molecule has 0 bridgehead atoms. The molecule has 2 aliphatic heterocycles. The predicted molar refractivity (Wildman–Crippen MR) is 268 cm³/mol. The molecule has 0 radical (unpaired) electrons. The molecule has 2 aromatic carbocycles. The monoisotopic (exact) mass is 1260 g/mol. The number of nitrogens with one attached hydrogen (secondary N) is 1. The summed E-state index contributed by atoms with van der Waals surface area (Å²) < 4.78 is 123. The molecule has 0 spiro atoms. The maximum Gasteiger partial charge on any atom is 1.00 e. The molecule has 406 valence electrons. The fourth-order valence-electron chi connectivity index (χ4n) is 7.22. The Hall–Kier alpha value is -3.58. The van der Waals surface area contributed by atoms with Crippen molar-refractivity contribution in [3.8, 4) is 23.1 Å². The third-order valence-corrected chi connectivity index (χ3v) is 15.0. The van der Waals surface area contributed by atoms with Crippen molar-refractivity contribution in [3.05, 3.63) is 145 Å². The van der Waals surface area contributed by atoms with Gasteiger partial charge in [0, 0.05) is 35.0 Å². The topological polar surface area (TPSA) is 273 Å². The van der Waals surface area contributed by atoms with Crippen molar-refractivity contribution in [2.45, 2.75) is 33.1 Å². The fourth-order valence-corrected chi connectivity index (χ4v) is 10.3. The standard InChI is InChI=1S/C22H17ClF2N4O5S.C19H13Cl2N3O5S.C3H5F2N.CH2O3.ClH.2K.H/c1-33-21-18(9-16(23)20(26-21)28-11-22(24,25)12-28)29-17-4-3-15(8-13(17)2-5-19(29)30)35(31,32)10-14-6-7-34-27-14;1-28-19-16(9-14(20)18(21)22-19)24-15-4-3-13(8-11(15)2-5-17(24)25)30(26,27)10-12-6-7-29-23-12;4-3(5)1-6-2-3;2-1-4-3;;;;/h2-9H,10-12H2,1H3;2-9H,10H2,1H3;6H,1-2H2;1,3H;1H;;;/q;;;;;2*+1;-1/p-1. The molecule has 0 aliphatic carbocycles. The van der Waals surface area contributed by atoms with Gasteiger partial charge < -0.3 is 40.3 Å². The number of aromatic nitrogens is 6. The van der Waals surface area contributed by atoms with Gasteiger partial charge >= 0.3 is 103 Å². The molecule has 0 atom stereocenters. The van der Waals surface area contributed by atoms with Crippen LogP contribution in [0.1, 0.15) is 12.8 Å². The van der Waals surface area contributed by atoms with Crippen LogP contribution in [-0.2, 0) is 40.9 Å². The molecule has 2 aliphatic rings. The van der Waals surface area contributed by atoms with Crippen molar-refractivity contribution >= 4 is 101 Å². The first kappa shape index (κ1) is 66.9. The van der Waals surface area contributed by atoms with E-state index in [0.29, 0.717) is 27.5 Å². The Morgan fingerprint density at radius 1 is 0.692 bits per heavy atom. The summed E-state index contributed by atoms with van der Waals surface area (Å²) in [6.07, 6.45) is 2.60. The molecule has 0 saturated carbocycles. The first-order valence-corrected chi connectivity index (χ1v) is 25.6. The van der Waals surface area contributed by atoms with Gasteiger partial charge in [-0.15, -0.1) is 12.4 Å². The zero-order chi connectivity index (χ0) is 54.5. The van der Waals surface area contributed by atoms with Crippen LogP contribution in [0.3, 0.4) is 0 Å². The van der Waals surface area contributed by atoms with Crippen molar-refractivity contribution in [3.63, 3.8) is 0 Å². The van der Waals surface area contributed by atoms with Crippen molar-refractivity contribution in [1.82, 2.24) is 34.7 Å². The molecule has 8 aromatic rings. The van der Waals surface area contributed by atoms with Crippen LogP contribution in [-0.4, -0.2) is 105 Å². The van der Waals surface area contributed by atoms with Crippen LogP contribution in [0.5, 0.6) is 11.8 Å². The Morgan fingerprint density at radius 2 is 1.12 bits per heavy atom. The van der Waals surface area contributed by atoms with E-state index < -0.39 is 50.2 Å². The van der Waals surface area contributed by atoms with E-state index in [1.165, 1.54) is 120 Å². The van der Waals surface area contributed by atoms with Crippen LogP contribution in [0.15, 0.2) is 126 Å². The minimum Gasteiger partial charge on any atom is -1.00 e. The maximum atomic E-state index is 13.3. The van der Waals surface area contributed by atoms with Gasteiger partial charge in [-0.05, 0) is 60.7 Å². The number of alkyl halides is 4. The molecule has 1 N–H and O–H groups in total. The van der Waals surface area contributed by atoms with E-state index in [4.69, 9.17) is 63.4 Å². The first-order chi connectivity index (χ1) is 35.5. The van der Waals surface area contributed by atoms with Crippen LogP contribution in [0.25, 0.3) is 33.2 Å². The van der Waals surface area contributed by atoms with E-state index in [1.807, 2.05) is 0 Å². The fraction of sp³-hybridized carbons (Fsp3) is 0.222. The zero-order valence-electron chi connectivity index (χ0n) is 41.9. The summed E-state index contributed by atoms with van der Waals surface area (Å²) in [7, 11) is -4.69. The Labute approximate surface area is 546 Å². The van der Waals surface area contributed by atoms with Crippen LogP contribution in [0, 0.1) is 0 Å². The van der Waals surface area contributed by atoms with Crippen molar-refractivity contribution < 1.29 is 172 Å². The number of fused-ring (bicyclic) bond motifs is 2. The summed E-state index contributed by atoms with van der Waals surface area (Å²) in [6, 6.07) is 20.2. The van der Waals surface area contributed by atoms with Gasteiger partial charge in [-0.3, -0.25) is 23.5 Å². The summed E-state index contributed by atoms with van der Waals surface area (Å²) in [5.74, 6) is -5.65. The summed E-state index contributed by atoms with van der Waals surface area (Å²) >= 11 is 18.4. The van der Waals surface area contributed by atoms with Crippen molar-refractivity contribution in [1.29, 1.82) is 0 Å². The summed E-state index contributed by atoms with van der Waals surface area (Å²) in [4.78, 5) is 46.5. The van der Waals surface area contributed by atoms with Crippen LogP contribution >= 0.6 is 47.2 Å². The number of benzene rings is 2. The smallest absolute Gasteiger partial charge is 1.00 e. The number of hydrogen-bond donors (Lipinski definition) is 1. The predicted octanol–water partition coefficient (Wildman–Crippen LogP) is 0.330. The van der Waals surface area contributed by atoms with Crippen molar-refractivity contribution in [2.75, 3.05) is 45.3 Å². The average Bonchev–Trinajstić information content (AvgIpc) is 4.09. The Balaban J connectivity index is 0.000000341. The minimum atomic E-state index is -3.74. The second kappa shape index (κ2) is 28.4. The minimum absolute atomic E-state index is 0. The Bertz CT molecular complexity index is 3760. The number of carbonyl (C=O) groups is 1. The number of rotatable bonds is 12. The van der Waals surface area contributed by atoms with Gasteiger partial charge in [-0.1, -0.05) is 45.1 Å². The van der Waals surface area contributed by atoms with E-state index >= 15 is 0 Å². The molecule has 2 saturated heterocycles. The zero-order valence-corrected chi connectivity index (χ0v) is 51.8. The van der Waals surface area contributed by atoms with Crippen LogP contribution in [0.2, 0.25) is 15.2 Å². The number of carbonyl (C=O) groups excluding carboxylic acids is 1. The Morgan fingerprint density at radius 3 is 1.47 bits per heavy atom. The number of nitrogens with zero attached hydrogens (tertiary/aromatic N) is 7. The molecular weight excluding hydrogens is 1220 g/mol. The number of methoxy groups -OCH3 is 2. The molecular formula is C45H38Cl4F4K2N8O13S2. The van der Waals surface area contributed by atoms with Gasteiger partial charge in [-0.2, -0.15) is 9.97 Å². The van der Waals surface area contributed by atoms with Gasteiger partial charge in [0.2, 0.25) is 11.8 Å².